The van der Waals surface area contributed by atoms with Crippen LogP contribution in [-0.4, -0.2) is 6.54 Å². The Morgan fingerprint density at radius 1 is 1.29 bits per heavy atom. The number of nitrogens with one attached hydrogen (secondary N) is 1. The van der Waals surface area contributed by atoms with Crippen molar-refractivity contribution >= 4 is 23.2 Å². The molecule has 1 aromatic rings. The van der Waals surface area contributed by atoms with Gasteiger partial charge in [-0.05, 0) is 49.4 Å². The monoisotopic (exact) mass is 271 g/mol. The van der Waals surface area contributed by atoms with Crippen LogP contribution >= 0.6 is 23.2 Å². The average molecular weight is 272 g/mol. The van der Waals surface area contributed by atoms with Gasteiger partial charge in [0, 0.05) is 6.04 Å². The summed E-state index contributed by atoms with van der Waals surface area (Å²) in [6.07, 6.45) is 5.23. The van der Waals surface area contributed by atoms with Crippen LogP contribution in [0.5, 0.6) is 0 Å². The fraction of sp³-hybridized carbons (Fsp3) is 0.571. The van der Waals surface area contributed by atoms with Crippen molar-refractivity contribution in [2.75, 3.05) is 6.54 Å². The molecule has 1 N–H and O–H groups in total. The van der Waals surface area contributed by atoms with Gasteiger partial charge in [-0.1, -0.05) is 42.6 Å². The summed E-state index contributed by atoms with van der Waals surface area (Å²) in [4.78, 5) is 0. The highest BCUT2D eigenvalue weighted by molar-refractivity contribution is 6.42. The molecule has 1 aliphatic rings. The maximum absolute atomic E-state index is 6.06. The van der Waals surface area contributed by atoms with Crippen LogP contribution in [-0.2, 0) is 0 Å². The number of hydrogen-bond donors (Lipinski definition) is 1. The van der Waals surface area contributed by atoms with Crippen LogP contribution < -0.4 is 5.32 Å². The SMILES string of the molecule is CCC(NCC1CCC1)c1ccc(Cl)c(Cl)c1. The molecule has 1 atom stereocenters. The Balaban J connectivity index is 1.97. The zero-order valence-corrected chi connectivity index (χ0v) is 11.7. The molecule has 0 saturated heterocycles. The molecule has 1 nitrogen and oxygen atoms in total. The van der Waals surface area contributed by atoms with E-state index in [-0.39, 0.29) is 0 Å². The van der Waals surface area contributed by atoms with Crippen molar-refractivity contribution in [2.45, 2.75) is 38.6 Å². The Hall–Kier alpha value is -0.240. The van der Waals surface area contributed by atoms with Crippen molar-refractivity contribution in [2.24, 2.45) is 5.92 Å². The van der Waals surface area contributed by atoms with Crippen LogP contribution in [0.3, 0.4) is 0 Å². The zero-order valence-electron chi connectivity index (χ0n) is 10.2. The maximum atomic E-state index is 6.06. The molecule has 1 aliphatic carbocycles. The summed E-state index contributed by atoms with van der Waals surface area (Å²) in [5, 5.41) is 4.91. The highest BCUT2D eigenvalue weighted by Gasteiger charge is 2.19. The topological polar surface area (TPSA) is 12.0 Å². The molecule has 2 rings (SSSR count). The minimum atomic E-state index is 0.394. The van der Waals surface area contributed by atoms with E-state index in [0.29, 0.717) is 16.1 Å². The Kier molecular flexibility index (Phi) is 4.72. The van der Waals surface area contributed by atoms with Gasteiger partial charge in [0.05, 0.1) is 10.0 Å². The standard InChI is InChI=1S/C14H19Cl2N/c1-2-14(17-9-10-4-3-5-10)11-6-7-12(15)13(16)8-11/h6-8,10,14,17H,2-5,9H2,1H3. The van der Waals surface area contributed by atoms with Gasteiger partial charge in [-0.15, -0.1) is 0 Å². The summed E-state index contributed by atoms with van der Waals surface area (Å²) in [5.74, 6) is 0.881. The van der Waals surface area contributed by atoms with Crippen molar-refractivity contribution in [1.82, 2.24) is 5.32 Å². The highest BCUT2D eigenvalue weighted by atomic mass is 35.5. The maximum Gasteiger partial charge on any atom is 0.0595 e. The number of hydrogen-bond acceptors (Lipinski definition) is 1. The van der Waals surface area contributed by atoms with E-state index in [1.165, 1.54) is 24.8 Å². The predicted molar refractivity (Wildman–Crippen MR) is 74.8 cm³/mol. The average Bonchev–Trinajstić information content (AvgIpc) is 2.26. The fourth-order valence-electron chi connectivity index (χ4n) is 2.23. The molecule has 0 spiro atoms. The van der Waals surface area contributed by atoms with Crippen molar-refractivity contribution in [3.8, 4) is 0 Å². The molecule has 1 aromatic carbocycles. The Morgan fingerprint density at radius 3 is 2.59 bits per heavy atom. The summed E-state index contributed by atoms with van der Waals surface area (Å²) in [6, 6.07) is 6.32. The van der Waals surface area contributed by atoms with Crippen LogP contribution in [0, 0.1) is 5.92 Å². The lowest BCUT2D eigenvalue weighted by molar-refractivity contribution is 0.288. The van der Waals surface area contributed by atoms with Crippen molar-refractivity contribution in [3.05, 3.63) is 33.8 Å². The van der Waals surface area contributed by atoms with Crippen molar-refractivity contribution in [1.29, 1.82) is 0 Å². The smallest absolute Gasteiger partial charge is 0.0595 e. The van der Waals surface area contributed by atoms with Gasteiger partial charge in [0.25, 0.3) is 0 Å². The third-order valence-corrected chi connectivity index (χ3v) is 4.37. The van der Waals surface area contributed by atoms with Gasteiger partial charge in [-0.2, -0.15) is 0 Å². The summed E-state index contributed by atoms with van der Waals surface area (Å²) in [6.45, 7) is 3.32. The first-order chi connectivity index (χ1) is 8.20. The second-order valence-corrected chi connectivity index (χ2v) is 5.65. The van der Waals surface area contributed by atoms with Crippen LogP contribution in [0.25, 0.3) is 0 Å². The normalized spacial score (nSPS) is 17.8. The molecular weight excluding hydrogens is 253 g/mol. The van der Waals surface area contributed by atoms with Crippen LogP contribution in [0.2, 0.25) is 10.0 Å². The molecule has 1 fully saturated rings. The quantitative estimate of drug-likeness (QED) is 0.809. The van der Waals surface area contributed by atoms with Gasteiger partial charge in [0.15, 0.2) is 0 Å². The van der Waals surface area contributed by atoms with Crippen molar-refractivity contribution < 1.29 is 0 Å². The van der Waals surface area contributed by atoms with Gasteiger partial charge in [-0.3, -0.25) is 0 Å². The molecule has 1 saturated carbocycles. The van der Waals surface area contributed by atoms with Gasteiger partial charge < -0.3 is 5.32 Å². The molecule has 3 heteroatoms. The third kappa shape index (κ3) is 3.37. The van der Waals surface area contributed by atoms with Gasteiger partial charge in [-0.25, -0.2) is 0 Å². The van der Waals surface area contributed by atoms with Crippen molar-refractivity contribution in [3.63, 3.8) is 0 Å². The van der Waals surface area contributed by atoms with Crippen LogP contribution in [0.15, 0.2) is 18.2 Å². The lowest BCUT2D eigenvalue weighted by atomic mass is 9.85. The van der Waals surface area contributed by atoms with E-state index in [0.717, 1.165) is 18.9 Å². The number of benzene rings is 1. The lowest BCUT2D eigenvalue weighted by Crippen LogP contribution is -2.30. The molecule has 0 aromatic heterocycles. The predicted octanol–water partition coefficient (Wildman–Crippen LogP) is 4.83. The van der Waals surface area contributed by atoms with Crippen LogP contribution in [0.4, 0.5) is 0 Å². The minimum absolute atomic E-state index is 0.394. The third-order valence-electron chi connectivity index (χ3n) is 3.63. The summed E-state index contributed by atoms with van der Waals surface area (Å²) in [7, 11) is 0. The van der Waals surface area contributed by atoms with E-state index in [1.807, 2.05) is 12.1 Å². The molecule has 94 valence electrons. The summed E-state index contributed by atoms with van der Waals surface area (Å²) >= 11 is 12.0. The fourth-order valence-corrected chi connectivity index (χ4v) is 2.54. The molecule has 17 heavy (non-hydrogen) atoms. The second kappa shape index (κ2) is 6.08. The minimum Gasteiger partial charge on any atom is -0.310 e. The largest absolute Gasteiger partial charge is 0.310 e. The van der Waals surface area contributed by atoms with E-state index in [2.05, 4.69) is 18.3 Å². The molecular formula is C14H19Cl2N. The molecule has 0 heterocycles. The van der Waals surface area contributed by atoms with E-state index in [4.69, 9.17) is 23.2 Å². The summed E-state index contributed by atoms with van der Waals surface area (Å²) in [5.41, 5.74) is 1.24. The molecule has 1 unspecified atom stereocenters. The van der Waals surface area contributed by atoms with E-state index in [1.54, 1.807) is 0 Å². The Morgan fingerprint density at radius 2 is 2.06 bits per heavy atom. The number of halogens is 2. The molecule has 0 aliphatic heterocycles. The van der Waals surface area contributed by atoms with Gasteiger partial charge in [0.1, 0.15) is 0 Å². The van der Waals surface area contributed by atoms with E-state index < -0.39 is 0 Å². The molecule has 0 radical (unpaired) electrons. The zero-order chi connectivity index (χ0) is 12.3. The highest BCUT2D eigenvalue weighted by Crippen LogP contribution is 2.29. The first-order valence-corrected chi connectivity index (χ1v) is 7.14. The first-order valence-electron chi connectivity index (χ1n) is 6.39. The lowest BCUT2D eigenvalue weighted by Gasteiger charge is -2.28. The Bertz CT molecular complexity index is 374. The second-order valence-electron chi connectivity index (χ2n) is 4.84. The molecule has 0 amide bonds. The number of rotatable bonds is 5. The van der Waals surface area contributed by atoms with Crippen LogP contribution in [0.1, 0.15) is 44.2 Å². The van der Waals surface area contributed by atoms with E-state index >= 15 is 0 Å². The summed E-state index contributed by atoms with van der Waals surface area (Å²) < 4.78 is 0. The van der Waals surface area contributed by atoms with E-state index in [9.17, 15) is 0 Å². The first kappa shape index (κ1) is 13.2. The van der Waals surface area contributed by atoms with Gasteiger partial charge in [0.2, 0.25) is 0 Å². The Labute approximate surface area is 114 Å². The molecule has 0 bridgehead atoms. The van der Waals surface area contributed by atoms with Gasteiger partial charge >= 0.3 is 0 Å².